The second-order valence-electron chi connectivity index (χ2n) is 4.59. The molecule has 1 aliphatic heterocycles. The largest absolute Gasteiger partial charge is 0.300 e. The maximum absolute atomic E-state index is 4.37. The van der Waals surface area contributed by atoms with Crippen LogP contribution < -0.4 is 5.32 Å². The van der Waals surface area contributed by atoms with Crippen molar-refractivity contribution in [2.24, 2.45) is 0 Å². The normalized spacial score (nSPS) is 20.7. The van der Waals surface area contributed by atoms with Crippen LogP contribution in [0.5, 0.6) is 0 Å². The third-order valence-corrected chi connectivity index (χ3v) is 5.16. The summed E-state index contributed by atoms with van der Waals surface area (Å²) in [5.74, 6) is 1.07. The van der Waals surface area contributed by atoms with Gasteiger partial charge in [-0.3, -0.25) is 5.32 Å². The van der Waals surface area contributed by atoms with Gasteiger partial charge in [0.1, 0.15) is 12.2 Å². The van der Waals surface area contributed by atoms with Gasteiger partial charge in [0.25, 0.3) is 0 Å². The second-order valence-corrected chi connectivity index (χ2v) is 6.45. The molecule has 6 heteroatoms. The van der Waals surface area contributed by atoms with E-state index in [1.807, 2.05) is 4.68 Å². The third-order valence-electron chi connectivity index (χ3n) is 3.29. The second kappa shape index (κ2) is 5.11. The number of fused-ring (bicyclic) bond motifs is 1. The molecule has 0 fully saturated rings. The lowest BCUT2D eigenvalue weighted by Crippen LogP contribution is -2.30. The quantitative estimate of drug-likeness (QED) is 0.941. The van der Waals surface area contributed by atoms with Gasteiger partial charge in [-0.15, -0.1) is 11.3 Å². The molecular formula is C12H15BrN4S. The molecule has 2 aromatic rings. The van der Waals surface area contributed by atoms with Crippen molar-refractivity contribution in [1.29, 1.82) is 0 Å². The molecule has 2 unspecified atom stereocenters. The van der Waals surface area contributed by atoms with E-state index in [2.05, 4.69) is 49.7 Å². The van der Waals surface area contributed by atoms with Gasteiger partial charge in [0.2, 0.25) is 0 Å². The highest BCUT2D eigenvalue weighted by molar-refractivity contribution is 9.10. The molecule has 2 atom stereocenters. The molecule has 0 spiro atoms. The van der Waals surface area contributed by atoms with Crippen molar-refractivity contribution in [2.45, 2.75) is 38.4 Å². The number of halogens is 1. The van der Waals surface area contributed by atoms with Gasteiger partial charge in [0.15, 0.2) is 0 Å². The zero-order chi connectivity index (χ0) is 12.5. The van der Waals surface area contributed by atoms with Crippen LogP contribution in [0.3, 0.4) is 0 Å². The summed E-state index contributed by atoms with van der Waals surface area (Å²) in [6, 6.07) is 2.84. The number of aromatic nitrogens is 3. The van der Waals surface area contributed by atoms with Crippen LogP contribution in [0.25, 0.3) is 0 Å². The number of hydrogen-bond acceptors (Lipinski definition) is 4. The highest BCUT2D eigenvalue weighted by atomic mass is 79.9. The van der Waals surface area contributed by atoms with Crippen LogP contribution in [0.4, 0.5) is 0 Å². The molecule has 0 radical (unpaired) electrons. The molecule has 96 valence electrons. The van der Waals surface area contributed by atoms with Gasteiger partial charge in [-0.2, -0.15) is 5.10 Å². The average Bonchev–Trinajstić information content (AvgIpc) is 2.97. The number of aryl methyl sites for hydroxylation is 1. The summed E-state index contributed by atoms with van der Waals surface area (Å²) in [6.07, 6.45) is 3.95. The van der Waals surface area contributed by atoms with Crippen LogP contribution in [-0.2, 0) is 6.54 Å². The molecule has 1 N–H and O–H groups in total. The third kappa shape index (κ3) is 2.37. The van der Waals surface area contributed by atoms with Crippen molar-refractivity contribution >= 4 is 27.3 Å². The molecule has 18 heavy (non-hydrogen) atoms. The predicted molar refractivity (Wildman–Crippen MR) is 75.6 cm³/mol. The molecule has 4 nitrogen and oxygen atoms in total. The number of thiophene rings is 1. The minimum absolute atomic E-state index is 0.317. The van der Waals surface area contributed by atoms with Crippen LogP contribution in [-0.4, -0.2) is 14.8 Å². The highest BCUT2D eigenvalue weighted by Gasteiger charge is 2.24. The van der Waals surface area contributed by atoms with E-state index in [1.54, 1.807) is 17.7 Å². The van der Waals surface area contributed by atoms with E-state index in [0.717, 1.165) is 29.7 Å². The number of nitrogens with zero attached hydrogens (tertiary/aromatic N) is 3. The van der Waals surface area contributed by atoms with Crippen LogP contribution >= 0.6 is 27.3 Å². The molecule has 0 aliphatic carbocycles. The highest BCUT2D eigenvalue weighted by Crippen LogP contribution is 2.29. The molecule has 3 heterocycles. The van der Waals surface area contributed by atoms with Gasteiger partial charge in [0.05, 0.1) is 6.04 Å². The molecule has 0 amide bonds. The van der Waals surface area contributed by atoms with Crippen molar-refractivity contribution in [1.82, 2.24) is 20.1 Å². The Morgan fingerprint density at radius 2 is 2.50 bits per heavy atom. The summed E-state index contributed by atoms with van der Waals surface area (Å²) in [7, 11) is 0. The summed E-state index contributed by atoms with van der Waals surface area (Å²) in [5, 5.41) is 10.0. The summed E-state index contributed by atoms with van der Waals surface area (Å²) < 4.78 is 3.17. The maximum Gasteiger partial charge on any atom is 0.143 e. The standard InChI is InChI=1S/C12H15BrN4S/c1-8(11-5-9(13)6-18-11)16-10-3-2-4-17-12(10)14-7-15-17/h5-8,10,16H,2-4H2,1H3. The van der Waals surface area contributed by atoms with E-state index < -0.39 is 0 Å². The van der Waals surface area contributed by atoms with E-state index in [4.69, 9.17) is 0 Å². The first-order valence-electron chi connectivity index (χ1n) is 6.11. The van der Waals surface area contributed by atoms with Crippen LogP contribution in [0.2, 0.25) is 0 Å². The van der Waals surface area contributed by atoms with Crippen molar-refractivity contribution in [2.75, 3.05) is 0 Å². The Balaban J connectivity index is 1.74. The lowest BCUT2D eigenvalue weighted by atomic mass is 10.1. The first kappa shape index (κ1) is 12.3. The lowest BCUT2D eigenvalue weighted by Gasteiger charge is -2.26. The fourth-order valence-electron chi connectivity index (χ4n) is 2.39. The van der Waals surface area contributed by atoms with E-state index in [9.17, 15) is 0 Å². The topological polar surface area (TPSA) is 42.7 Å². The Morgan fingerprint density at radius 3 is 3.28 bits per heavy atom. The Hall–Kier alpha value is -0.720. The van der Waals surface area contributed by atoms with E-state index >= 15 is 0 Å². The van der Waals surface area contributed by atoms with Gasteiger partial charge >= 0.3 is 0 Å². The Labute approximate surface area is 119 Å². The van der Waals surface area contributed by atoms with Crippen LogP contribution in [0, 0.1) is 0 Å². The monoisotopic (exact) mass is 326 g/mol. The zero-order valence-corrected chi connectivity index (χ0v) is 12.5. The fourth-order valence-corrected chi connectivity index (χ4v) is 3.85. The predicted octanol–water partition coefficient (Wildman–Crippen LogP) is 3.29. The molecule has 1 aliphatic rings. The van der Waals surface area contributed by atoms with Gasteiger partial charge in [-0.05, 0) is 41.8 Å². The Kier molecular flexibility index (Phi) is 3.50. The fraction of sp³-hybridized carbons (Fsp3) is 0.500. The van der Waals surface area contributed by atoms with E-state index in [-0.39, 0.29) is 0 Å². The SMILES string of the molecule is CC(NC1CCCn2ncnc21)c1cc(Br)cs1. The van der Waals surface area contributed by atoms with Gasteiger partial charge < -0.3 is 0 Å². The van der Waals surface area contributed by atoms with Crippen molar-refractivity contribution in [3.8, 4) is 0 Å². The van der Waals surface area contributed by atoms with E-state index in [1.165, 1.54) is 4.88 Å². The Bertz CT molecular complexity index is 536. The number of hydrogen-bond donors (Lipinski definition) is 1. The maximum atomic E-state index is 4.37. The van der Waals surface area contributed by atoms with Crippen LogP contribution in [0.15, 0.2) is 22.2 Å². The summed E-state index contributed by atoms with van der Waals surface area (Å²) in [4.78, 5) is 5.72. The van der Waals surface area contributed by atoms with Crippen molar-refractivity contribution in [3.63, 3.8) is 0 Å². The number of nitrogens with one attached hydrogen (secondary N) is 1. The average molecular weight is 327 g/mol. The molecule has 0 saturated heterocycles. The lowest BCUT2D eigenvalue weighted by molar-refractivity contribution is 0.345. The summed E-state index contributed by atoms with van der Waals surface area (Å²) in [5.41, 5.74) is 0. The minimum Gasteiger partial charge on any atom is -0.300 e. The van der Waals surface area contributed by atoms with Gasteiger partial charge in [-0.25, -0.2) is 9.67 Å². The summed E-state index contributed by atoms with van der Waals surface area (Å²) in [6.45, 7) is 3.19. The smallest absolute Gasteiger partial charge is 0.143 e. The molecule has 0 bridgehead atoms. The van der Waals surface area contributed by atoms with E-state index in [0.29, 0.717) is 12.1 Å². The first-order chi connectivity index (χ1) is 8.74. The number of rotatable bonds is 3. The summed E-state index contributed by atoms with van der Waals surface area (Å²) >= 11 is 5.28. The molecule has 0 saturated carbocycles. The van der Waals surface area contributed by atoms with Crippen molar-refractivity contribution < 1.29 is 0 Å². The van der Waals surface area contributed by atoms with Crippen LogP contribution in [0.1, 0.15) is 42.6 Å². The molecule has 2 aromatic heterocycles. The van der Waals surface area contributed by atoms with Gasteiger partial charge in [-0.1, -0.05) is 0 Å². The molecular weight excluding hydrogens is 312 g/mol. The van der Waals surface area contributed by atoms with Gasteiger partial charge in [0, 0.05) is 27.3 Å². The van der Waals surface area contributed by atoms with Crippen molar-refractivity contribution in [3.05, 3.63) is 32.9 Å². The Morgan fingerprint density at radius 1 is 1.61 bits per heavy atom. The molecule has 3 rings (SSSR count). The zero-order valence-electron chi connectivity index (χ0n) is 10.1. The minimum atomic E-state index is 0.317. The first-order valence-corrected chi connectivity index (χ1v) is 7.79. The molecule has 0 aromatic carbocycles.